The van der Waals surface area contributed by atoms with Crippen molar-refractivity contribution in [2.24, 2.45) is 5.92 Å². The third kappa shape index (κ3) is 2.89. The standard InChI is InChI=1S/C19H29NO/c1-5-8-20-19(17-11-15-6-7-18(17)21-15)16-10-13(3)12(2)9-14(16)4/h9-10,15,17-20H,5-8,11H2,1-4H3. The fourth-order valence-electron chi connectivity index (χ4n) is 4.14. The Morgan fingerprint density at radius 1 is 1.14 bits per heavy atom. The highest BCUT2D eigenvalue weighted by atomic mass is 16.5. The van der Waals surface area contributed by atoms with E-state index in [0.29, 0.717) is 24.2 Å². The lowest BCUT2D eigenvalue weighted by atomic mass is 9.79. The largest absolute Gasteiger partial charge is 0.375 e. The molecule has 0 radical (unpaired) electrons. The Bertz CT molecular complexity index is 511. The molecule has 1 aromatic carbocycles. The number of hydrogen-bond acceptors (Lipinski definition) is 2. The SMILES string of the molecule is CCCNC(c1cc(C)c(C)cc1C)C1CC2CCC1O2. The molecule has 0 aromatic heterocycles. The van der Waals surface area contributed by atoms with Crippen LogP contribution in [0.3, 0.4) is 0 Å². The van der Waals surface area contributed by atoms with Gasteiger partial charge in [0.05, 0.1) is 12.2 Å². The van der Waals surface area contributed by atoms with Crippen LogP contribution >= 0.6 is 0 Å². The van der Waals surface area contributed by atoms with Gasteiger partial charge in [0, 0.05) is 12.0 Å². The van der Waals surface area contributed by atoms with Gasteiger partial charge in [-0.05, 0) is 75.3 Å². The van der Waals surface area contributed by atoms with Crippen LogP contribution < -0.4 is 5.32 Å². The summed E-state index contributed by atoms with van der Waals surface area (Å²) < 4.78 is 6.12. The number of aryl methyl sites for hydroxylation is 3. The van der Waals surface area contributed by atoms with Crippen LogP contribution in [-0.4, -0.2) is 18.8 Å². The second-order valence-corrected chi connectivity index (χ2v) is 7.00. The summed E-state index contributed by atoms with van der Waals surface area (Å²) in [4.78, 5) is 0. The van der Waals surface area contributed by atoms with Crippen molar-refractivity contribution < 1.29 is 4.74 Å². The zero-order valence-corrected chi connectivity index (χ0v) is 13.9. The van der Waals surface area contributed by atoms with Gasteiger partial charge >= 0.3 is 0 Å². The van der Waals surface area contributed by atoms with Crippen molar-refractivity contribution in [2.45, 2.75) is 71.6 Å². The van der Waals surface area contributed by atoms with Gasteiger partial charge in [-0.1, -0.05) is 19.1 Å². The van der Waals surface area contributed by atoms with Gasteiger partial charge < -0.3 is 10.1 Å². The summed E-state index contributed by atoms with van der Waals surface area (Å²) in [6, 6.07) is 5.21. The maximum Gasteiger partial charge on any atom is 0.0627 e. The summed E-state index contributed by atoms with van der Waals surface area (Å²) in [6.45, 7) is 10.0. The first-order valence-electron chi connectivity index (χ1n) is 8.56. The predicted octanol–water partition coefficient (Wildman–Crippen LogP) is 4.22. The molecule has 4 unspecified atom stereocenters. The molecule has 2 fully saturated rings. The molecule has 2 heteroatoms. The van der Waals surface area contributed by atoms with E-state index in [-0.39, 0.29) is 0 Å². The number of ether oxygens (including phenoxy) is 1. The molecule has 2 heterocycles. The van der Waals surface area contributed by atoms with E-state index in [9.17, 15) is 0 Å². The summed E-state index contributed by atoms with van der Waals surface area (Å²) in [5, 5.41) is 3.82. The van der Waals surface area contributed by atoms with Crippen LogP contribution in [-0.2, 0) is 4.74 Å². The third-order valence-corrected chi connectivity index (χ3v) is 5.41. The first-order chi connectivity index (χ1) is 10.1. The molecule has 2 aliphatic rings. The topological polar surface area (TPSA) is 21.3 Å². The summed E-state index contributed by atoms with van der Waals surface area (Å²) in [5.74, 6) is 0.649. The quantitative estimate of drug-likeness (QED) is 0.875. The van der Waals surface area contributed by atoms with E-state index in [4.69, 9.17) is 4.74 Å². The monoisotopic (exact) mass is 287 g/mol. The number of fused-ring (bicyclic) bond motifs is 2. The van der Waals surface area contributed by atoms with Gasteiger partial charge in [-0.2, -0.15) is 0 Å². The van der Waals surface area contributed by atoms with E-state index in [0.717, 1.165) is 6.54 Å². The zero-order valence-electron chi connectivity index (χ0n) is 13.9. The van der Waals surface area contributed by atoms with Crippen molar-refractivity contribution in [1.82, 2.24) is 5.32 Å². The highest BCUT2D eigenvalue weighted by Gasteiger charge is 2.44. The number of benzene rings is 1. The number of nitrogens with one attached hydrogen (secondary N) is 1. The Kier molecular flexibility index (Phi) is 4.37. The Morgan fingerprint density at radius 3 is 2.52 bits per heavy atom. The van der Waals surface area contributed by atoms with Gasteiger partial charge in [-0.3, -0.25) is 0 Å². The average Bonchev–Trinajstić information content (AvgIpc) is 3.07. The lowest BCUT2D eigenvalue weighted by molar-refractivity contribution is 0.0856. The van der Waals surface area contributed by atoms with Crippen molar-refractivity contribution in [3.05, 3.63) is 34.4 Å². The molecule has 0 aliphatic carbocycles. The molecule has 4 atom stereocenters. The number of rotatable bonds is 5. The molecular formula is C19H29NO. The molecule has 0 amide bonds. The molecule has 21 heavy (non-hydrogen) atoms. The maximum atomic E-state index is 6.12. The highest BCUT2D eigenvalue weighted by molar-refractivity contribution is 5.39. The smallest absolute Gasteiger partial charge is 0.0627 e. The van der Waals surface area contributed by atoms with Gasteiger partial charge in [0.2, 0.25) is 0 Å². The minimum atomic E-state index is 0.458. The molecule has 2 nitrogen and oxygen atoms in total. The summed E-state index contributed by atoms with van der Waals surface area (Å²) >= 11 is 0. The van der Waals surface area contributed by atoms with Gasteiger partial charge in [0.25, 0.3) is 0 Å². The second kappa shape index (κ2) is 6.10. The average molecular weight is 287 g/mol. The first kappa shape index (κ1) is 15.1. The van der Waals surface area contributed by atoms with E-state index in [1.54, 1.807) is 0 Å². The minimum Gasteiger partial charge on any atom is -0.375 e. The van der Waals surface area contributed by atoms with Crippen LogP contribution in [0.1, 0.15) is 60.9 Å². The van der Waals surface area contributed by atoms with Crippen molar-refractivity contribution in [1.29, 1.82) is 0 Å². The van der Waals surface area contributed by atoms with Crippen LogP contribution in [0.4, 0.5) is 0 Å². The molecule has 0 saturated carbocycles. The zero-order chi connectivity index (χ0) is 15.0. The van der Waals surface area contributed by atoms with Gasteiger partial charge in [-0.25, -0.2) is 0 Å². The van der Waals surface area contributed by atoms with Gasteiger partial charge in [0.1, 0.15) is 0 Å². The van der Waals surface area contributed by atoms with Gasteiger partial charge in [0.15, 0.2) is 0 Å². The summed E-state index contributed by atoms with van der Waals surface area (Å²) in [7, 11) is 0. The molecule has 116 valence electrons. The lowest BCUT2D eigenvalue weighted by Crippen LogP contribution is -2.34. The Balaban J connectivity index is 1.90. The Hall–Kier alpha value is -0.860. The third-order valence-electron chi connectivity index (χ3n) is 5.41. The van der Waals surface area contributed by atoms with Crippen LogP contribution in [0.15, 0.2) is 12.1 Å². The van der Waals surface area contributed by atoms with E-state index < -0.39 is 0 Å². The Morgan fingerprint density at radius 2 is 1.90 bits per heavy atom. The van der Waals surface area contributed by atoms with Crippen molar-refractivity contribution >= 4 is 0 Å². The summed E-state index contributed by atoms with van der Waals surface area (Å²) in [6.07, 6.45) is 5.94. The molecule has 0 spiro atoms. The normalized spacial score (nSPS) is 29.0. The Labute approximate surface area is 129 Å². The first-order valence-corrected chi connectivity index (χ1v) is 8.56. The minimum absolute atomic E-state index is 0.458. The highest BCUT2D eigenvalue weighted by Crippen LogP contribution is 2.45. The van der Waals surface area contributed by atoms with E-state index in [2.05, 4.69) is 45.1 Å². The van der Waals surface area contributed by atoms with Crippen LogP contribution in [0.25, 0.3) is 0 Å². The molecule has 1 aromatic rings. The molecule has 2 aliphatic heterocycles. The van der Waals surface area contributed by atoms with Crippen molar-refractivity contribution in [3.63, 3.8) is 0 Å². The molecule has 1 N–H and O–H groups in total. The molecule has 3 rings (SSSR count). The second-order valence-electron chi connectivity index (χ2n) is 7.00. The van der Waals surface area contributed by atoms with Crippen LogP contribution in [0, 0.1) is 26.7 Å². The van der Waals surface area contributed by atoms with E-state index >= 15 is 0 Å². The fraction of sp³-hybridized carbons (Fsp3) is 0.684. The van der Waals surface area contributed by atoms with Crippen LogP contribution in [0.2, 0.25) is 0 Å². The lowest BCUT2D eigenvalue weighted by Gasteiger charge is -2.31. The number of hydrogen-bond donors (Lipinski definition) is 1. The van der Waals surface area contributed by atoms with Crippen molar-refractivity contribution in [3.8, 4) is 0 Å². The van der Waals surface area contributed by atoms with Crippen molar-refractivity contribution in [2.75, 3.05) is 6.54 Å². The van der Waals surface area contributed by atoms with Crippen LogP contribution in [0.5, 0.6) is 0 Å². The molecule has 2 saturated heterocycles. The fourth-order valence-corrected chi connectivity index (χ4v) is 4.14. The van der Waals surface area contributed by atoms with E-state index in [1.807, 2.05) is 0 Å². The van der Waals surface area contributed by atoms with Gasteiger partial charge in [-0.15, -0.1) is 0 Å². The summed E-state index contributed by atoms with van der Waals surface area (Å²) in [5.41, 5.74) is 5.72. The van der Waals surface area contributed by atoms with E-state index in [1.165, 1.54) is 47.9 Å². The molecular weight excluding hydrogens is 258 g/mol. The maximum absolute atomic E-state index is 6.12. The predicted molar refractivity (Wildman–Crippen MR) is 87.7 cm³/mol. The molecule has 2 bridgehead atoms.